The number of pyridine rings is 1. The van der Waals surface area contributed by atoms with Crippen molar-refractivity contribution in [3.05, 3.63) is 24.0 Å². The van der Waals surface area contributed by atoms with E-state index in [2.05, 4.69) is 15.7 Å². The Morgan fingerprint density at radius 1 is 1.59 bits per heavy atom. The van der Waals surface area contributed by atoms with Gasteiger partial charge in [0.25, 0.3) is 5.91 Å². The molecular formula is C11H18N4O2. The summed E-state index contributed by atoms with van der Waals surface area (Å²) in [6.45, 7) is 3.85. The number of rotatable bonds is 7. The van der Waals surface area contributed by atoms with Crippen molar-refractivity contribution in [2.45, 2.75) is 13.3 Å². The Morgan fingerprint density at radius 3 is 3.12 bits per heavy atom. The molecule has 1 aromatic rings. The molecule has 0 aliphatic rings. The Kier molecular flexibility index (Phi) is 5.98. The van der Waals surface area contributed by atoms with Crippen LogP contribution in [0.25, 0.3) is 0 Å². The number of carbonyl (C=O) groups is 1. The summed E-state index contributed by atoms with van der Waals surface area (Å²) in [4.78, 5) is 15.6. The maximum atomic E-state index is 11.7. The van der Waals surface area contributed by atoms with Crippen LogP contribution >= 0.6 is 0 Å². The van der Waals surface area contributed by atoms with E-state index in [9.17, 15) is 4.79 Å². The quantitative estimate of drug-likeness (QED) is 0.366. The molecule has 4 N–H and O–H groups in total. The van der Waals surface area contributed by atoms with E-state index in [1.165, 1.54) is 6.20 Å². The highest BCUT2D eigenvalue weighted by Crippen LogP contribution is 2.05. The molecule has 1 heterocycles. The van der Waals surface area contributed by atoms with Crippen LogP contribution in [0.3, 0.4) is 0 Å². The van der Waals surface area contributed by atoms with Crippen molar-refractivity contribution in [1.29, 1.82) is 0 Å². The lowest BCUT2D eigenvalue weighted by Crippen LogP contribution is -2.26. The van der Waals surface area contributed by atoms with Crippen LogP contribution in [-0.2, 0) is 4.74 Å². The molecule has 0 saturated heterocycles. The van der Waals surface area contributed by atoms with Gasteiger partial charge in [0.15, 0.2) is 0 Å². The molecule has 0 spiro atoms. The molecular weight excluding hydrogens is 220 g/mol. The minimum absolute atomic E-state index is 0.210. The number of hydrogen-bond acceptors (Lipinski definition) is 5. The minimum atomic E-state index is -0.210. The van der Waals surface area contributed by atoms with Crippen molar-refractivity contribution in [3.8, 4) is 0 Å². The number of hydrogen-bond donors (Lipinski definition) is 3. The van der Waals surface area contributed by atoms with E-state index in [1.54, 1.807) is 12.1 Å². The summed E-state index contributed by atoms with van der Waals surface area (Å²) in [5.74, 6) is 5.04. The SMILES string of the molecule is CCOCCCNC(=O)c1cc(NN)ccn1. The summed E-state index contributed by atoms with van der Waals surface area (Å²) in [6.07, 6.45) is 2.32. The number of carbonyl (C=O) groups excluding carboxylic acids is 1. The molecule has 1 aromatic heterocycles. The average Bonchev–Trinajstić information content (AvgIpc) is 2.38. The lowest BCUT2D eigenvalue weighted by atomic mass is 10.3. The highest BCUT2D eigenvalue weighted by molar-refractivity contribution is 5.93. The first-order valence-electron chi connectivity index (χ1n) is 5.56. The van der Waals surface area contributed by atoms with E-state index in [0.29, 0.717) is 31.1 Å². The Balaban J connectivity index is 2.36. The zero-order valence-electron chi connectivity index (χ0n) is 9.90. The average molecular weight is 238 g/mol. The van der Waals surface area contributed by atoms with Gasteiger partial charge in [0.2, 0.25) is 0 Å². The number of nitrogen functional groups attached to an aromatic ring is 1. The Morgan fingerprint density at radius 2 is 2.41 bits per heavy atom. The molecule has 0 fully saturated rings. The number of aromatic nitrogens is 1. The predicted molar refractivity (Wildman–Crippen MR) is 65.5 cm³/mol. The van der Waals surface area contributed by atoms with Gasteiger partial charge in [0.05, 0.1) is 5.69 Å². The standard InChI is InChI=1S/C11H18N4O2/c1-2-17-7-3-5-14-11(16)10-8-9(15-12)4-6-13-10/h4,6,8H,2-3,5,7,12H2,1H3,(H,13,15)(H,14,16). The molecule has 94 valence electrons. The summed E-state index contributed by atoms with van der Waals surface area (Å²) in [5.41, 5.74) is 3.46. The molecule has 0 aliphatic carbocycles. The van der Waals surface area contributed by atoms with Crippen molar-refractivity contribution in [1.82, 2.24) is 10.3 Å². The second-order valence-electron chi connectivity index (χ2n) is 3.38. The highest BCUT2D eigenvalue weighted by Gasteiger charge is 2.06. The van der Waals surface area contributed by atoms with E-state index in [4.69, 9.17) is 10.6 Å². The summed E-state index contributed by atoms with van der Waals surface area (Å²) < 4.78 is 5.16. The van der Waals surface area contributed by atoms with Gasteiger partial charge in [-0.15, -0.1) is 0 Å². The van der Waals surface area contributed by atoms with E-state index in [1.807, 2.05) is 6.92 Å². The third-order valence-corrected chi connectivity index (χ3v) is 2.11. The fourth-order valence-corrected chi connectivity index (χ4v) is 1.26. The highest BCUT2D eigenvalue weighted by atomic mass is 16.5. The summed E-state index contributed by atoms with van der Waals surface area (Å²) in [6, 6.07) is 3.28. The van der Waals surface area contributed by atoms with Crippen LogP contribution in [0.1, 0.15) is 23.8 Å². The van der Waals surface area contributed by atoms with E-state index >= 15 is 0 Å². The van der Waals surface area contributed by atoms with E-state index in [-0.39, 0.29) is 5.91 Å². The van der Waals surface area contributed by atoms with Crippen LogP contribution in [0, 0.1) is 0 Å². The van der Waals surface area contributed by atoms with Crippen molar-refractivity contribution >= 4 is 11.6 Å². The molecule has 0 aliphatic heterocycles. The van der Waals surface area contributed by atoms with Gasteiger partial charge in [-0.2, -0.15) is 0 Å². The Bertz CT molecular complexity index is 357. The lowest BCUT2D eigenvalue weighted by Gasteiger charge is -2.06. The van der Waals surface area contributed by atoms with Crippen molar-refractivity contribution in [3.63, 3.8) is 0 Å². The summed E-state index contributed by atoms with van der Waals surface area (Å²) >= 11 is 0. The van der Waals surface area contributed by atoms with Crippen LogP contribution < -0.4 is 16.6 Å². The molecule has 0 aromatic carbocycles. The van der Waals surface area contributed by atoms with Gasteiger partial charge in [0.1, 0.15) is 5.69 Å². The summed E-state index contributed by atoms with van der Waals surface area (Å²) in [5, 5.41) is 2.76. The van der Waals surface area contributed by atoms with Crippen LogP contribution in [0.2, 0.25) is 0 Å². The van der Waals surface area contributed by atoms with Crippen molar-refractivity contribution in [2.75, 3.05) is 25.2 Å². The van der Waals surface area contributed by atoms with Gasteiger partial charge in [-0.3, -0.25) is 15.6 Å². The van der Waals surface area contributed by atoms with Crippen LogP contribution in [0.4, 0.5) is 5.69 Å². The fourth-order valence-electron chi connectivity index (χ4n) is 1.26. The van der Waals surface area contributed by atoms with Crippen molar-refractivity contribution in [2.24, 2.45) is 5.84 Å². The maximum Gasteiger partial charge on any atom is 0.269 e. The van der Waals surface area contributed by atoms with E-state index < -0.39 is 0 Å². The number of anilines is 1. The molecule has 0 unspecified atom stereocenters. The molecule has 17 heavy (non-hydrogen) atoms. The second-order valence-corrected chi connectivity index (χ2v) is 3.38. The van der Waals surface area contributed by atoms with Gasteiger partial charge in [0, 0.05) is 26.0 Å². The summed E-state index contributed by atoms with van der Waals surface area (Å²) in [7, 11) is 0. The first-order chi connectivity index (χ1) is 8.27. The molecule has 0 radical (unpaired) electrons. The molecule has 0 saturated carbocycles. The second kappa shape index (κ2) is 7.59. The zero-order chi connectivity index (χ0) is 12.5. The topological polar surface area (TPSA) is 89.3 Å². The third kappa shape index (κ3) is 4.80. The zero-order valence-corrected chi connectivity index (χ0v) is 9.90. The first kappa shape index (κ1) is 13.4. The van der Waals surface area contributed by atoms with Crippen molar-refractivity contribution < 1.29 is 9.53 Å². The van der Waals surface area contributed by atoms with Crippen LogP contribution in [0.15, 0.2) is 18.3 Å². The number of amides is 1. The molecule has 6 heteroatoms. The maximum absolute atomic E-state index is 11.7. The molecule has 1 rings (SSSR count). The monoisotopic (exact) mass is 238 g/mol. The van der Waals surface area contributed by atoms with Crippen LogP contribution in [-0.4, -0.2) is 30.6 Å². The van der Waals surface area contributed by atoms with Crippen LogP contribution in [0.5, 0.6) is 0 Å². The minimum Gasteiger partial charge on any atom is -0.382 e. The van der Waals surface area contributed by atoms with Gasteiger partial charge >= 0.3 is 0 Å². The fraction of sp³-hybridized carbons (Fsp3) is 0.455. The molecule has 6 nitrogen and oxygen atoms in total. The molecule has 0 atom stereocenters. The number of ether oxygens (including phenoxy) is 1. The lowest BCUT2D eigenvalue weighted by molar-refractivity contribution is 0.0939. The number of nitrogens with two attached hydrogens (primary N) is 1. The largest absolute Gasteiger partial charge is 0.382 e. The van der Waals surface area contributed by atoms with Gasteiger partial charge in [-0.05, 0) is 25.5 Å². The number of hydrazine groups is 1. The Labute approximate surface area is 101 Å². The Hall–Kier alpha value is -1.66. The molecule has 0 bridgehead atoms. The third-order valence-electron chi connectivity index (χ3n) is 2.11. The number of nitrogens with zero attached hydrogens (tertiary/aromatic N) is 1. The number of nitrogens with one attached hydrogen (secondary N) is 2. The van der Waals surface area contributed by atoms with Gasteiger partial charge in [-0.25, -0.2) is 0 Å². The molecule has 1 amide bonds. The first-order valence-corrected chi connectivity index (χ1v) is 5.56. The predicted octanol–water partition coefficient (Wildman–Crippen LogP) is 0.524. The van der Waals surface area contributed by atoms with Gasteiger partial charge < -0.3 is 15.5 Å². The van der Waals surface area contributed by atoms with E-state index in [0.717, 1.165) is 6.42 Å². The van der Waals surface area contributed by atoms with Gasteiger partial charge in [-0.1, -0.05) is 0 Å². The normalized spacial score (nSPS) is 10.0. The smallest absolute Gasteiger partial charge is 0.269 e.